The summed E-state index contributed by atoms with van der Waals surface area (Å²) in [6, 6.07) is -1.00. The number of thioether (sulfide) groups is 2. The molecule has 12 nitrogen and oxygen atoms in total. The second kappa shape index (κ2) is 12.1. The quantitative estimate of drug-likeness (QED) is 0.0767. The van der Waals surface area contributed by atoms with Gasteiger partial charge in [-0.15, -0.1) is 46.2 Å². The Morgan fingerprint density at radius 1 is 1.34 bits per heavy atom. The van der Waals surface area contributed by atoms with E-state index in [-0.39, 0.29) is 52.7 Å². The molecule has 0 saturated carbocycles. The molecule has 2 aliphatic rings. The number of carbonyl (C=O) groups excluding carboxylic acids is 3. The molecule has 2 aliphatic heterocycles. The second-order valence-electron chi connectivity index (χ2n) is 6.93. The Hall–Kier alpha value is -1.66. The molecule has 2 aromatic rings. The minimum Gasteiger partial charge on any atom is -0.543 e. The number of thiazole rings is 2. The van der Waals surface area contributed by atoms with Crippen molar-refractivity contribution in [1.29, 1.82) is 0 Å². The van der Waals surface area contributed by atoms with Gasteiger partial charge < -0.3 is 31.3 Å². The van der Waals surface area contributed by atoms with Crippen LogP contribution in [0.4, 0.5) is 5.13 Å². The summed E-state index contributed by atoms with van der Waals surface area (Å²) in [5.74, 6) is -2.07. The summed E-state index contributed by atoms with van der Waals surface area (Å²) in [5, 5.41) is 39.1. The normalized spacial score (nSPS) is 19.6. The van der Waals surface area contributed by atoms with Crippen molar-refractivity contribution < 1.29 is 59.4 Å². The molecule has 4 heterocycles. The van der Waals surface area contributed by atoms with Crippen LogP contribution in [0.15, 0.2) is 26.5 Å². The number of aliphatic carboxylic acids is 1. The number of aromatic nitrogens is 2. The molecule has 0 aliphatic carbocycles. The van der Waals surface area contributed by atoms with E-state index in [1.54, 1.807) is 0 Å². The van der Waals surface area contributed by atoms with Gasteiger partial charge in [-0.05, 0) is 6.42 Å². The Labute approximate surface area is 237 Å². The first-order chi connectivity index (χ1) is 16.3. The summed E-state index contributed by atoms with van der Waals surface area (Å²) >= 11 is 5.01. The minimum atomic E-state index is -1.47. The maximum Gasteiger partial charge on any atom is 1.00 e. The van der Waals surface area contributed by atoms with Crippen LogP contribution < -0.4 is 45.7 Å². The van der Waals surface area contributed by atoms with Crippen LogP contribution >= 0.6 is 46.2 Å². The van der Waals surface area contributed by atoms with Crippen LogP contribution in [0.25, 0.3) is 0 Å². The Morgan fingerprint density at radius 2 is 2.11 bits per heavy atom. The number of nitrogens with zero attached hydrogens (tertiary/aromatic N) is 4. The number of aliphatic hydroxyl groups is 1. The Bertz CT molecular complexity index is 1200. The zero-order chi connectivity index (χ0) is 24.4. The van der Waals surface area contributed by atoms with E-state index in [1.165, 1.54) is 40.2 Å². The third-order valence-corrected chi connectivity index (χ3v) is 8.98. The number of β-lactam (4-membered cyclic amide) rings is 1. The molecule has 1 saturated heterocycles. The van der Waals surface area contributed by atoms with E-state index in [9.17, 15) is 24.7 Å². The Kier molecular flexibility index (Phi) is 9.61. The first-order valence-corrected chi connectivity index (χ1v) is 13.4. The number of fused-ring (bicyclic) bond motifs is 1. The molecule has 180 valence electrons. The average molecular weight is 565 g/mol. The van der Waals surface area contributed by atoms with Crippen molar-refractivity contribution >= 4 is 74.8 Å². The molecule has 0 unspecified atom stereocenters. The van der Waals surface area contributed by atoms with Gasteiger partial charge in [-0.1, -0.05) is 5.16 Å². The smallest absolute Gasteiger partial charge is 0.543 e. The number of aryl methyl sites for hydroxylation is 1. The molecule has 5 N–H and O–H groups in total. The van der Waals surface area contributed by atoms with Gasteiger partial charge in [-0.2, -0.15) is 0 Å². The number of hydrogen-bond donors (Lipinski definition) is 4. The molecule has 0 bridgehead atoms. The summed E-state index contributed by atoms with van der Waals surface area (Å²) in [5.41, 5.74) is 5.79. The number of aliphatic hydroxyl groups excluding tert-OH is 1. The second-order valence-corrected chi connectivity index (χ2v) is 11.1. The van der Waals surface area contributed by atoms with E-state index in [1.807, 2.05) is 5.38 Å². The number of carbonyl (C=O) groups is 3. The van der Waals surface area contributed by atoms with E-state index in [4.69, 9.17) is 10.8 Å². The largest absolute Gasteiger partial charge is 1.00 e. The van der Waals surface area contributed by atoms with E-state index < -0.39 is 34.9 Å². The Morgan fingerprint density at radius 3 is 2.71 bits per heavy atom. The standard InChI is InChI=1S/C18H18N6O6S4.Na/c19-18-21-8(5-34-18)11(23-30)14(26)22-12-15(27)24-13(17(28)29)9(6-33-16(12)24)31-2-1-7-4-32-10(3-25)20-7;/h4-5,12,16,25,30H,1-3,6H2,(H2,19,21)(H,22,26)(H,28,29);/q;+1/p-1/b23-11-;/t12-,16-;/m1./s1. The zero-order valence-electron chi connectivity index (χ0n) is 18.2. The molecule has 35 heavy (non-hydrogen) atoms. The molecule has 2 amide bonds. The number of carboxylic acids is 1. The van der Waals surface area contributed by atoms with Crippen molar-refractivity contribution in [2.75, 3.05) is 17.2 Å². The maximum atomic E-state index is 12.8. The summed E-state index contributed by atoms with van der Waals surface area (Å²) in [6.07, 6.45) is 0.566. The molecular formula is C18H17N6NaO6S4. The number of amides is 2. The van der Waals surface area contributed by atoms with Gasteiger partial charge in [0.2, 0.25) is 0 Å². The van der Waals surface area contributed by atoms with Gasteiger partial charge in [0.15, 0.2) is 10.8 Å². The predicted octanol–water partition coefficient (Wildman–Crippen LogP) is -3.81. The number of hydrogen-bond acceptors (Lipinski definition) is 14. The SMILES string of the molecule is Nc1nc(/C(=N/O)C(=O)N[C@@H]2C(=O)N3C(C(=O)[O-])=C(SCCc4csc(CO)n4)CS[C@H]23)cs1.[Na+]. The van der Waals surface area contributed by atoms with Crippen LogP contribution in [-0.2, 0) is 27.4 Å². The van der Waals surface area contributed by atoms with Gasteiger partial charge in [0, 0.05) is 27.2 Å². The number of oxime groups is 1. The number of anilines is 1. The third kappa shape index (κ3) is 5.85. The number of nitrogens with two attached hydrogens (primary N) is 1. The summed E-state index contributed by atoms with van der Waals surface area (Å²) in [6.45, 7) is -0.131. The van der Waals surface area contributed by atoms with E-state index >= 15 is 0 Å². The van der Waals surface area contributed by atoms with Gasteiger partial charge >= 0.3 is 29.6 Å². The van der Waals surface area contributed by atoms with Crippen LogP contribution in [-0.4, -0.2) is 71.6 Å². The molecular weight excluding hydrogens is 547 g/mol. The molecule has 1 fully saturated rings. The monoisotopic (exact) mass is 564 g/mol. The summed E-state index contributed by atoms with van der Waals surface area (Å²) in [4.78, 5) is 46.9. The van der Waals surface area contributed by atoms with E-state index in [2.05, 4.69) is 20.4 Å². The Balaban J connectivity index is 0.00000342. The van der Waals surface area contributed by atoms with E-state index in [0.717, 1.165) is 21.9 Å². The van der Waals surface area contributed by atoms with Gasteiger partial charge in [0.25, 0.3) is 11.8 Å². The summed E-state index contributed by atoms with van der Waals surface area (Å²) < 4.78 is 0. The minimum absolute atomic E-state index is 0. The van der Waals surface area contributed by atoms with Gasteiger partial charge in [0.05, 0.1) is 24.0 Å². The van der Waals surface area contributed by atoms with Gasteiger partial charge in [0.1, 0.15) is 22.1 Å². The van der Waals surface area contributed by atoms with Crippen LogP contribution in [0, 0.1) is 0 Å². The number of nitrogens with one attached hydrogen (secondary N) is 1. The van der Waals surface area contributed by atoms with Crippen LogP contribution in [0.2, 0.25) is 0 Å². The van der Waals surface area contributed by atoms with Crippen molar-refractivity contribution in [2.45, 2.75) is 24.4 Å². The fraction of sp³-hybridized carbons (Fsp3) is 0.333. The molecule has 4 rings (SSSR count). The van der Waals surface area contributed by atoms with Crippen LogP contribution in [0.3, 0.4) is 0 Å². The maximum absolute atomic E-state index is 12.8. The first-order valence-electron chi connectivity index (χ1n) is 9.64. The van der Waals surface area contributed by atoms with Crippen molar-refractivity contribution in [3.63, 3.8) is 0 Å². The predicted molar refractivity (Wildman–Crippen MR) is 126 cm³/mol. The zero-order valence-corrected chi connectivity index (χ0v) is 23.4. The van der Waals surface area contributed by atoms with E-state index in [0.29, 0.717) is 27.8 Å². The van der Waals surface area contributed by atoms with Crippen LogP contribution in [0.5, 0.6) is 0 Å². The van der Waals surface area contributed by atoms with Gasteiger partial charge in [-0.25, -0.2) is 9.97 Å². The number of nitrogen functional groups attached to an aromatic ring is 1. The van der Waals surface area contributed by atoms with Crippen molar-refractivity contribution in [2.24, 2.45) is 5.16 Å². The summed E-state index contributed by atoms with van der Waals surface area (Å²) in [7, 11) is 0. The topological polar surface area (TPSA) is 194 Å². The van der Waals surface area contributed by atoms with Crippen molar-refractivity contribution in [1.82, 2.24) is 20.2 Å². The third-order valence-electron chi connectivity index (χ3n) is 4.86. The molecule has 2 atom stereocenters. The average Bonchev–Trinajstić information content (AvgIpc) is 3.46. The fourth-order valence-electron chi connectivity index (χ4n) is 3.33. The van der Waals surface area contributed by atoms with Gasteiger partial charge in [-0.3, -0.25) is 14.5 Å². The number of rotatable bonds is 9. The molecule has 17 heteroatoms. The van der Waals surface area contributed by atoms with Crippen LogP contribution in [0.1, 0.15) is 16.4 Å². The van der Waals surface area contributed by atoms with Crippen molar-refractivity contribution in [3.05, 3.63) is 37.8 Å². The molecule has 2 aromatic heterocycles. The molecule has 0 spiro atoms. The molecule has 0 aromatic carbocycles. The first kappa shape index (κ1) is 27.9. The molecule has 0 radical (unpaired) electrons. The fourth-order valence-corrected chi connectivity index (χ4v) is 7.17. The van der Waals surface area contributed by atoms with Crippen molar-refractivity contribution in [3.8, 4) is 0 Å². The number of carboxylic acid groups (broad SMARTS) is 1.